The van der Waals surface area contributed by atoms with Crippen LogP contribution in [0.25, 0.3) is 10.2 Å². The van der Waals surface area contributed by atoms with Gasteiger partial charge in [-0.2, -0.15) is 0 Å². The molecule has 0 atom stereocenters. The Labute approximate surface area is 117 Å². The highest BCUT2D eigenvalue weighted by atomic mass is 32.1. The Balaban J connectivity index is 1.91. The van der Waals surface area contributed by atoms with E-state index in [4.69, 9.17) is 5.73 Å². The third-order valence-electron chi connectivity index (χ3n) is 2.89. The van der Waals surface area contributed by atoms with Crippen LogP contribution in [-0.4, -0.2) is 17.4 Å². The second kappa shape index (κ2) is 6.63. The fourth-order valence-corrected chi connectivity index (χ4v) is 2.81. The van der Waals surface area contributed by atoms with E-state index in [1.54, 1.807) is 11.3 Å². The largest absolute Gasteiger partial charge is 0.330 e. The number of aromatic nitrogens is 1. The van der Waals surface area contributed by atoms with Crippen LogP contribution in [0.3, 0.4) is 0 Å². The minimum absolute atomic E-state index is 0.0672. The second-order valence-electron chi connectivity index (χ2n) is 4.56. The topological polar surface area (TPSA) is 68.0 Å². The second-order valence-corrected chi connectivity index (χ2v) is 5.80. The number of benzene rings is 1. The van der Waals surface area contributed by atoms with Crippen molar-refractivity contribution in [2.24, 2.45) is 5.73 Å². The highest BCUT2D eigenvalue weighted by molar-refractivity contribution is 7.18. The fraction of sp³-hybridized carbons (Fsp3) is 0.429. The van der Waals surface area contributed by atoms with Gasteiger partial charge in [-0.1, -0.05) is 6.42 Å². The van der Waals surface area contributed by atoms with Crippen LogP contribution < -0.4 is 11.1 Å². The standard InChI is InChI=1S/C14H19N3OS/c1-10-16-12-7-6-11(9-13(12)19-10)17-14(18)5-3-2-4-8-15/h6-7,9H,2-5,8,15H2,1H3,(H,17,18). The van der Waals surface area contributed by atoms with E-state index in [1.165, 1.54) is 0 Å². The number of rotatable bonds is 6. The Kier molecular flexibility index (Phi) is 4.87. The van der Waals surface area contributed by atoms with Gasteiger partial charge in [-0.3, -0.25) is 4.79 Å². The van der Waals surface area contributed by atoms with Crippen LogP contribution in [0.4, 0.5) is 5.69 Å². The number of amides is 1. The van der Waals surface area contributed by atoms with Gasteiger partial charge in [0.1, 0.15) is 0 Å². The van der Waals surface area contributed by atoms with E-state index in [2.05, 4.69) is 10.3 Å². The lowest BCUT2D eigenvalue weighted by molar-refractivity contribution is -0.116. The Hall–Kier alpha value is -1.46. The first kappa shape index (κ1) is 14.0. The summed E-state index contributed by atoms with van der Waals surface area (Å²) in [6, 6.07) is 5.83. The van der Waals surface area contributed by atoms with Gasteiger partial charge in [0.25, 0.3) is 0 Å². The van der Waals surface area contributed by atoms with Crippen molar-refractivity contribution in [2.75, 3.05) is 11.9 Å². The van der Waals surface area contributed by atoms with E-state index in [9.17, 15) is 4.79 Å². The maximum atomic E-state index is 11.8. The summed E-state index contributed by atoms with van der Waals surface area (Å²) in [6.45, 7) is 2.68. The van der Waals surface area contributed by atoms with Crippen LogP contribution in [0.5, 0.6) is 0 Å². The zero-order chi connectivity index (χ0) is 13.7. The lowest BCUT2D eigenvalue weighted by atomic mass is 10.2. The maximum absolute atomic E-state index is 11.8. The first-order chi connectivity index (χ1) is 9.19. The zero-order valence-corrected chi connectivity index (χ0v) is 11.9. The molecule has 0 unspecified atom stereocenters. The van der Waals surface area contributed by atoms with E-state index < -0.39 is 0 Å². The molecule has 1 aromatic carbocycles. The number of hydrogen-bond donors (Lipinski definition) is 2. The van der Waals surface area contributed by atoms with Gasteiger partial charge in [-0.15, -0.1) is 11.3 Å². The summed E-state index contributed by atoms with van der Waals surface area (Å²) in [7, 11) is 0. The first-order valence-corrected chi connectivity index (χ1v) is 7.38. The van der Waals surface area contributed by atoms with Gasteiger partial charge in [0.15, 0.2) is 0 Å². The molecule has 1 amide bonds. The summed E-state index contributed by atoms with van der Waals surface area (Å²) in [5, 5.41) is 3.97. The van der Waals surface area contributed by atoms with Crippen molar-refractivity contribution in [3.05, 3.63) is 23.2 Å². The molecule has 0 radical (unpaired) electrons. The molecule has 4 nitrogen and oxygen atoms in total. The van der Waals surface area contributed by atoms with E-state index >= 15 is 0 Å². The van der Waals surface area contributed by atoms with Crippen molar-refractivity contribution in [2.45, 2.75) is 32.6 Å². The molecule has 0 fully saturated rings. The van der Waals surface area contributed by atoms with Crippen LogP contribution in [0.2, 0.25) is 0 Å². The van der Waals surface area contributed by atoms with Crippen LogP contribution >= 0.6 is 11.3 Å². The summed E-state index contributed by atoms with van der Waals surface area (Å²) in [6.07, 6.45) is 3.45. The van der Waals surface area contributed by atoms with Crippen molar-refractivity contribution in [3.63, 3.8) is 0 Å². The summed E-state index contributed by atoms with van der Waals surface area (Å²) >= 11 is 1.64. The molecule has 0 aliphatic carbocycles. The van der Waals surface area contributed by atoms with Crippen LogP contribution in [0.1, 0.15) is 30.7 Å². The summed E-state index contributed by atoms with van der Waals surface area (Å²) < 4.78 is 1.11. The molecule has 19 heavy (non-hydrogen) atoms. The molecular formula is C14H19N3OS. The van der Waals surface area contributed by atoms with Crippen LogP contribution in [0.15, 0.2) is 18.2 Å². The van der Waals surface area contributed by atoms with Gasteiger partial charge in [0.05, 0.1) is 15.2 Å². The van der Waals surface area contributed by atoms with Crippen LogP contribution in [-0.2, 0) is 4.79 Å². The highest BCUT2D eigenvalue weighted by Crippen LogP contribution is 2.24. The number of unbranched alkanes of at least 4 members (excludes halogenated alkanes) is 2. The molecule has 1 aromatic heterocycles. The van der Waals surface area contributed by atoms with Crippen LogP contribution in [0, 0.1) is 6.92 Å². The molecule has 0 saturated carbocycles. The minimum Gasteiger partial charge on any atom is -0.330 e. The average molecular weight is 277 g/mol. The molecule has 2 rings (SSSR count). The lowest BCUT2D eigenvalue weighted by Gasteiger charge is -2.04. The number of thiazole rings is 1. The number of anilines is 1. The lowest BCUT2D eigenvalue weighted by Crippen LogP contribution is -2.11. The van der Waals surface area contributed by atoms with E-state index in [-0.39, 0.29) is 5.91 Å². The monoisotopic (exact) mass is 277 g/mol. The Bertz CT molecular complexity index is 565. The van der Waals surface area contributed by atoms with Gasteiger partial charge >= 0.3 is 0 Å². The normalized spacial score (nSPS) is 10.8. The summed E-state index contributed by atoms with van der Waals surface area (Å²) in [5.74, 6) is 0.0672. The fourth-order valence-electron chi connectivity index (χ4n) is 1.95. The van der Waals surface area contributed by atoms with Gasteiger partial charge < -0.3 is 11.1 Å². The van der Waals surface area contributed by atoms with E-state index in [0.29, 0.717) is 13.0 Å². The van der Waals surface area contributed by atoms with Crippen molar-refractivity contribution in [1.29, 1.82) is 0 Å². The minimum atomic E-state index is 0.0672. The molecule has 0 bridgehead atoms. The highest BCUT2D eigenvalue weighted by Gasteiger charge is 2.05. The number of hydrogen-bond acceptors (Lipinski definition) is 4. The van der Waals surface area contributed by atoms with Gasteiger partial charge in [-0.05, 0) is 44.5 Å². The molecule has 0 saturated heterocycles. The smallest absolute Gasteiger partial charge is 0.224 e. The molecule has 0 spiro atoms. The quantitative estimate of drug-likeness (QED) is 0.797. The third kappa shape index (κ3) is 4.01. The molecule has 3 N–H and O–H groups in total. The first-order valence-electron chi connectivity index (χ1n) is 6.56. The van der Waals surface area contributed by atoms with Crippen molar-refractivity contribution < 1.29 is 4.79 Å². The number of fused-ring (bicyclic) bond motifs is 1. The zero-order valence-electron chi connectivity index (χ0n) is 11.1. The van der Waals surface area contributed by atoms with Gasteiger partial charge in [-0.25, -0.2) is 4.98 Å². The number of aryl methyl sites for hydroxylation is 1. The average Bonchev–Trinajstić information content (AvgIpc) is 2.74. The predicted octanol–water partition coefficient (Wildman–Crippen LogP) is 3.06. The SMILES string of the molecule is Cc1nc2ccc(NC(=O)CCCCCN)cc2s1. The number of carbonyl (C=O) groups excluding carboxylic acids is 1. The Morgan fingerprint density at radius 1 is 1.37 bits per heavy atom. The molecule has 2 aromatic rings. The molecule has 0 aliphatic rings. The van der Waals surface area contributed by atoms with Crippen molar-refractivity contribution in [3.8, 4) is 0 Å². The van der Waals surface area contributed by atoms with Gasteiger partial charge in [0.2, 0.25) is 5.91 Å². The van der Waals surface area contributed by atoms with E-state index in [0.717, 1.165) is 40.2 Å². The van der Waals surface area contributed by atoms with Crippen molar-refractivity contribution in [1.82, 2.24) is 4.98 Å². The molecule has 102 valence electrons. The molecule has 1 heterocycles. The molecule has 0 aliphatic heterocycles. The maximum Gasteiger partial charge on any atom is 0.224 e. The number of carbonyl (C=O) groups is 1. The number of nitrogens with zero attached hydrogens (tertiary/aromatic N) is 1. The number of nitrogens with two attached hydrogens (primary N) is 1. The Morgan fingerprint density at radius 2 is 2.21 bits per heavy atom. The Morgan fingerprint density at radius 3 is 3.00 bits per heavy atom. The third-order valence-corrected chi connectivity index (χ3v) is 3.82. The predicted molar refractivity (Wildman–Crippen MR) is 80.5 cm³/mol. The van der Waals surface area contributed by atoms with Crippen molar-refractivity contribution >= 4 is 33.1 Å². The summed E-state index contributed by atoms with van der Waals surface area (Å²) in [5.41, 5.74) is 7.25. The summed E-state index contributed by atoms with van der Waals surface area (Å²) in [4.78, 5) is 16.2. The molecule has 5 heteroatoms. The molecular weight excluding hydrogens is 258 g/mol. The van der Waals surface area contributed by atoms with Gasteiger partial charge in [0, 0.05) is 12.1 Å². The number of nitrogens with one attached hydrogen (secondary N) is 1. The van der Waals surface area contributed by atoms with E-state index in [1.807, 2.05) is 25.1 Å².